The monoisotopic (exact) mass is 396 g/mol. The summed E-state index contributed by atoms with van der Waals surface area (Å²) in [6.45, 7) is 12.4. The zero-order valence-electron chi connectivity index (χ0n) is 19.6. The Morgan fingerprint density at radius 2 is 1.14 bits per heavy atom. The molecule has 0 N–H and O–H groups in total. The molecule has 0 fully saturated rings. The number of carbonyl (C=O) groups excluding carboxylic acids is 1. The predicted octanol–water partition coefficient (Wildman–Crippen LogP) is 7.40. The van der Waals surface area contributed by atoms with Crippen LogP contribution < -0.4 is 0 Å². The van der Waals surface area contributed by atoms with Gasteiger partial charge in [0.15, 0.2) is 0 Å². The van der Waals surface area contributed by atoms with E-state index in [1.165, 1.54) is 70.6 Å². The van der Waals surface area contributed by atoms with Crippen molar-refractivity contribution >= 4 is 5.97 Å². The van der Waals surface area contributed by atoms with Gasteiger partial charge in [0.2, 0.25) is 6.73 Å². The molecule has 0 aromatic rings. The van der Waals surface area contributed by atoms with Crippen molar-refractivity contribution in [2.45, 2.75) is 118 Å². The zero-order chi connectivity index (χ0) is 20.9. The molecule has 166 valence electrons. The maximum atomic E-state index is 11.9. The van der Waals surface area contributed by atoms with E-state index in [4.69, 9.17) is 4.74 Å². The van der Waals surface area contributed by atoms with Gasteiger partial charge in [-0.1, -0.05) is 70.4 Å². The van der Waals surface area contributed by atoms with Crippen molar-refractivity contribution in [3.05, 3.63) is 12.2 Å². The van der Waals surface area contributed by atoms with Gasteiger partial charge in [-0.2, -0.15) is 0 Å². The number of ether oxygens (including phenoxy) is 1. The molecule has 0 saturated heterocycles. The fraction of sp³-hybridized carbons (Fsp3) is 0.880. The molecular weight excluding hydrogens is 346 g/mol. The van der Waals surface area contributed by atoms with E-state index in [1.54, 1.807) is 0 Å². The third-order valence-corrected chi connectivity index (χ3v) is 6.15. The number of allylic oxidation sites excluding steroid dienone is 2. The molecule has 0 heterocycles. The summed E-state index contributed by atoms with van der Waals surface area (Å²) in [7, 11) is 0. The zero-order valence-corrected chi connectivity index (χ0v) is 19.6. The Bertz CT molecular complexity index is 366. The van der Waals surface area contributed by atoms with Crippen molar-refractivity contribution in [2.24, 2.45) is 0 Å². The average Bonchev–Trinajstić information content (AvgIpc) is 2.72. The summed E-state index contributed by atoms with van der Waals surface area (Å²) in [5, 5.41) is 0. The number of hydrogen-bond donors (Lipinski definition) is 0. The van der Waals surface area contributed by atoms with Crippen molar-refractivity contribution in [3.8, 4) is 0 Å². The number of esters is 1. The Labute approximate surface area is 176 Å². The van der Waals surface area contributed by atoms with Crippen LogP contribution >= 0.6 is 0 Å². The molecule has 0 aliphatic carbocycles. The highest BCUT2D eigenvalue weighted by Crippen LogP contribution is 2.11. The molecule has 0 aliphatic rings. The lowest BCUT2D eigenvalue weighted by Crippen LogP contribution is -2.49. The Hall–Kier alpha value is -0.830. The molecular formula is C25H50NO2+. The lowest BCUT2D eigenvalue weighted by atomic mass is 10.1. The second-order valence-electron chi connectivity index (χ2n) is 8.27. The fourth-order valence-corrected chi connectivity index (χ4v) is 3.57. The number of hydrogen-bond acceptors (Lipinski definition) is 2. The van der Waals surface area contributed by atoms with E-state index in [1.807, 2.05) is 0 Å². The molecule has 0 aliphatic heterocycles. The van der Waals surface area contributed by atoms with Gasteiger partial charge in [0.25, 0.3) is 0 Å². The van der Waals surface area contributed by atoms with Gasteiger partial charge in [-0.25, -0.2) is 0 Å². The minimum atomic E-state index is -0.0181. The highest BCUT2D eigenvalue weighted by molar-refractivity contribution is 5.69. The van der Waals surface area contributed by atoms with Gasteiger partial charge < -0.3 is 4.74 Å². The van der Waals surface area contributed by atoms with Gasteiger partial charge >= 0.3 is 5.97 Å². The number of rotatable bonds is 20. The Morgan fingerprint density at radius 1 is 0.679 bits per heavy atom. The molecule has 0 amide bonds. The van der Waals surface area contributed by atoms with E-state index < -0.39 is 0 Å². The Balaban J connectivity index is 3.45. The van der Waals surface area contributed by atoms with E-state index in [0.29, 0.717) is 13.2 Å². The minimum absolute atomic E-state index is 0.0181. The molecule has 0 atom stereocenters. The lowest BCUT2D eigenvalue weighted by molar-refractivity contribution is -0.938. The maximum absolute atomic E-state index is 11.9. The second kappa shape index (κ2) is 19.5. The third-order valence-electron chi connectivity index (χ3n) is 6.15. The number of unbranched alkanes of at least 4 members (excludes halogenated alkanes) is 11. The van der Waals surface area contributed by atoms with Gasteiger partial charge in [0.05, 0.1) is 19.6 Å². The average molecular weight is 397 g/mol. The molecule has 0 saturated carbocycles. The first-order valence-electron chi connectivity index (χ1n) is 12.3. The SMILES string of the molecule is CCCCCCCCC=CCCCCCCCC(=O)OC[N+](CC)(CC)CC. The highest BCUT2D eigenvalue weighted by Gasteiger charge is 2.22. The molecule has 3 nitrogen and oxygen atoms in total. The highest BCUT2D eigenvalue weighted by atomic mass is 16.5. The number of nitrogens with zero attached hydrogens (tertiary/aromatic N) is 1. The van der Waals surface area contributed by atoms with Gasteiger partial charge in [0.1, 0.15) is 0 Å². The van der Waals surface area contributed by atoms with Gasteiger partial charge in [-0.3, -0.25) is 9.28 Å². The van der Waals surface area contributed by atoms with E-state index in [0.717, 1.165) is 37.0 Å². The van der Waals surface area contributed by atoms with Crippen LogP contribution in [0, 0.1) is 0 Å². The normalized spacial score (nSPS) is 12.0. The summed E-state index contributed by atoms with van der Waals surface area (Å²) in [4.78, 5) is 11.9. The van der Waals surface area contributed by atoms with Crippen LogP contribution in [0.2, 0.25) is 0 Å². The second-order valence-corrected chi connectivity index (χ2v) is 8.27. The molecule has 0 unspecified atom stereocenters. The van der Waals surface area contributed by atoms with E-state index in [-0.39, 0.29) is 5.97 Å². The summed E-state index contributed by atoms with van der Waals surface area (Å²) in [5.41, 5.74) is 0. The van der Waals surface area contributed by atoms with Gasteiger partial charge in [-0.15, -0.1) is 0 Å². The smallest absolute Gasteiger partial charge is 0.310 e. The molecule has 0 aromatic carbocycles. The van der Waals surface area contributed by atoms with Crippen molar-refractivity contribution in [3.63, 3.8) is 0 Å². The van der Waals surface area contributed by atoms with Gasteiger partial charge in [0, 0.05) is 6.42 Å². The molecule has 0 rings (SSSR count). The Kier molecular flexibility index (Phi) is 18.9. The van der Waals surface area contributed by atoms with Crippen molar-refractivity contribution in [1.82, 2.24) is 0 Å². The topological polar surface area (TPSA) is 26.3 Å². The van der Waals surface area contributed by atoms with Crippen LogP contribution in [0.3, 0.4) is 0 Å². The van der Waals surface area contributed by atoms with E-state index in [2.05, 4.69) is 39.8 Å². The van der Waals surface area contributed by atoms with Crippen LogP contribution in [0.25, 0.3) is 0 Å². The summed E-state index contributed by atoms with van der Waals surface area (Å²) >= 11 is 0. The van der Waals surface area contributed by atoms with Crippen LogP contribution in [0.1, 0.15) is 118 Å². The molecule has 0 radical (unpaired) electrons. The molecule has 28 heavy (non-hydrogen) atoms. The van der Waals surface area contributed by atoms with E-state index >= 15 is 0 Å². The van der Waals surface area contributed by atoms with Crippen LogP contribution in [0.4, 0.5) is 0 Å². The molecule has 0 bridgehead atoms. The van der Waals surface area contributed by atoms with E-state index in [9.17, 15) is 4.79 Å². The first kappa shape index (κ1) is 27.2. The summed E-state index contributed by atoms with van der Waals surface area (Å²) in [6, 6.07) is 0. The van der Waals surface area contributed by atoms with Crippen molar-refractivity contribution in [1.29, 1.82) is 0 Å². The lowest BCUT2D eigenvalue weighted by Gasteiger charge is -2.34. The molecule has 0 aromatic heterocycles. The first-order valence-corrected chi connectivity index (χ1v) is 12.3. The number of quaternary nitrogens is 1. The summed E-state index contributed by atoms with van der Waals surface area (Å²) in [5.74, 6) is -0.0181. The summed E-state index contributed by atoms with van der Waals surface area (Å²) < 4.78 is 6.40. The Morgan fingerprint density at radius 3 is 1.64 bits per heavy atom. The van der Waals surface area contributed by atoms with Crippen LogP contribution in [0.5, 0.6) is 0 Å². The van der Waals surface area contributed by atoms with Gasteiger partial charge in [-0.05, 0) is 52.9 Å². The maximum Gasteiger partial charge on any atom is 0.310 e. The van der Waals surface area contributed by atoms with Crippen LogP contribution in [-0.4, -0.2) is 36.8 Å². The predicted molar refractivity (Wildman–Crippen MR) is 122 cm³/mol. The summed E-state index contributed by atoms with van der Waals surface area (Å²) in [6.07, 6.45) is 22.0. The third kappa shape index (κ3) is 15.1. The van der Waals surface area contributed by atoms with Crippen LogP contribution in [-0.2, 0) is 9.53 Å². The van der Waals surface area contributed by atoms with Crippen LogP contribution in [0.15, 0.2) is 12.2 Å². The largest absolute Gasteiger partial charge is 0.415 e. The molecule has 0 spiro atoms. The van der Waals surface area contributed by atoms with Crippen molar-refractivity contribution < 1.29 is 14.0 Å². The fourth-order valence-electron chi connectivity index (χ4n) is 3.57. The quantitative estimate of drug-likeness (QED) is 0.0704. The standard InChI is InChI=1S/C25H50NO2/c1-5-9-10-11-12-13-14-15-16-17-18-19-20-21-22-23-25(27)28-24-26(6-2,7-3)8-4/h15-16H,5-14,17-24H2,1-4H3/q+1. The molecule has 3 heteroatoms. The first-order chi connectivity index (χ1) is 13.6. The minimum Gasteiger partial charge on any atom is -0.415 e. The number of carbonyl (C=O) groups is 1. The van der Waals surface area contributed by atoms with Crippen molar-refractivity contribution in [2.75, 3.05) is 26.4 Å².